The summed E-state index contributed by atoms with van der Waals surface area (Å²) in [5.41, 5.74) is -0.149. The minimum atomic E-state index is -0.813. The number of rotatable bonds is 6. The number of hydrogen-bond acceptors (Lipinski definition) is 4. The second-order valence-electron chi connectivity index (χ2n) is 6.71. The molecule has 25 heavy (non-hydrogen) atoms. The lowest BCUT2D eigenvalue weighted by molar-refractivity contribution is -0.124. The number of Topliss-reactive ketones (excluding diaryl/α,β-unsaturated/α-hetero) is 1. The summed E-state index contributed by atoms with van der Waals surface area (Å²) < 4.78 is 5.56. The topological polar surface area (TPSA) is 79.2 Å². The largest absolute Gasteiger partial charge is 0.484 e. The molecule has 0 saturated heterocycles. The van der Waals surface area contributed by atoms with Crippen LogP contribution < -0.4 is 10.1 Å². The van der Waals surface area contributed by atoms with Gasteiger partial charge in [-0.25, -0.2) is 0 Å². The van der Waals surface area contributed by atoms with Crippen LogP contribution in [0.25, 0.3) is 10.8 Å². The van der Waals surface area contributed by atoms with E-state index in [-0.39, 0.29) is 24.2 Å². The molecular weight excluding hydrogens is 316 g/mol. The Morgan fingerprint density at radius 1 is 1.24 bits per heavy atom. The summed E-state index contributed by atoms with van der Waals surface area (Å²) in [6.07, 6.45) is 1.94. The van der Waals surface area contributed by atoms with E-state index in [2.05, 4.69) is 11.4 Å². The number of amides is 1. The summed E-state index contributed by atoms with van der Waals surface area (Å²) >= 11 is 0. The van der Waals surface area contributed by atoms with E-state index in [1.807, 2.05) is 24.3 Å². The first-order valence-electron chi connectivity index (χ1n) is 8.31. The fraction of sp³-hybridized carbons (Fsp3) is 0.350. The number of nitrogens with one attached hydrogen (secondary N) is 1. The van der Waals surface area contributed by atoms with Crippen molar-refractivity contribution in [2.24, 2.45) is 5.92 Å². The van der Waals surface area contributed by atoms with Crippen molar-refractivity contribution < 1.29 is 14.3 Å². The van der Waals surface area contributed by atoms with E-state index >= 15 is 0 Å². The number of carbonyl (C=O) groups excluding carboxylic acids is 2. The maximum Gasteiger partial charge on any atom is 0.259 e. The highest BCUT2D eigenvalue weighted by molar-refractivity contribution is 5.98. The van der Waals surface area contributed by atoms with Gasteiger partial charge in [0.25, 0.3) is 5.91 Å². The highest BCUT2D eigenvalue weighted by Crippen LogP contribution is 2.39. The first-order chi connectivity index (χ1) is 11.9. The molecule has 1 N–H and O–H groups in total. The quantitative estimate of drug-likeness (QED) is 0.821. The molecule has 5 nitrogen and oxygen atoms in total. The lowest BCUT2D eigenvalue weighted by Crippen LogP contribution is -2.48. The van der Waals surface area contributed by atoms with Gasteiger partial charge in [-0.3, -0.25) is 9.59 Å². The number of ether oxygens (including phenoxy) is 1. The molecular formula is C20H20N2O3. The number of ketones is 1. The van der Waals surface area contributed by atoms with Crippen molar-refractivity contribution >= 4 is 22.5 Å². The average molecular weight is 336 g/mol. The number of benzene rings is 2. The summed E-state index contributed by atoms with van der Waals surface area (Å²) in [6.45, 7) is 3.15. The maximum absolute atomic E-state index is 12.1. The van der Waals surface area contributed by atoms with Gasteiger partial charge in [0.2, 0.25) is 0 Å². The zero-order valence-corrected chi connectivity index (χ0v) is 14.3. The number of carbonyl (C=O) groups is 2. The van der Waals surface area contributed by atoms with Crippen LogP contribution in [0.1, 0.15) is 37.0 Å². The van der Waals surface area contributed by atoms with E-state index in [0.717, 1.165) is 23.6 Å². The molecule has 5 heteroatoms. The molecule has 1 aliphatic carbocycles. The molecule has 2 aromatic carbocycles. The van der Waals surface area contributed by atoms with Crippen molar-refractivity contribution in [1.82, 2.24) is 5.32 Å². The number of fused-ring (bicyclic) bond motifs is 1. The highest BCUT2D eigenvalue weighted by atomic mass is 16.5. The van der Waals surface area contributed by atoms with Crippen LogP contribution in [0.4, 0.5) is 0 Å². The fourth-order valence-electron chi connectivity index (χ4n) is 2.89. The molecule has 0 aliphatic heterocycles. The van der Waals surface area contributed by atoms with Crippen molar-refractivity contribution in [3.05, 3.63) is 42.0 Å². The molecule has 0 aromatic heterocycles. The molecule has 3 rings (SSSR count). The smallest absolute Gasteiger partial charge is 0.259 e. The fourth-order valence-corrected chi connectivity index (χ4v) is 2.89. The lowest BCUT2D eigenvalue weighted by Gasteiger charge is -2.22. The van der Waals surface area contributed by atoms with Crippen LogP contribution in [-0.2, 0) is 4.79 Å². The van der Waals surface area contributed by atoms with Gasteiger partial charge in [0.05, 0.1) is 6.07 Å². The Morgan fingerprint density at radius 3 is 2.56 bits per heavy atom. The predicted molar refractivity (Wildman–Crippen MR) is 94.3 cm³/mol. The van der Waals surface area contributed by atoms with E-state index in [4.69, 9.17) is 4.74 Å². The summed E-state index contributed by atoms with van der Waals surface area (Å²) in [4.78, 5) is 23.5. The maximum atomic E-state index is 12.1. The Morgan fingerprint density at radius 2 is 1.92 bits per heavy atom. The van der Waals surface area contributed by atoms with Crippen molar-refractivity contribution in [3.63, 3.8) is 0 Å². The molecule has 1 fully saturated rings. The SMILES string of the molecule is CC(=O)c1ccc2cc(OCC(=O)NC(C)(C#N)C3CC3)ccc2c1. The number of hydrogen-bond donors (Lipinski definition) is 1. The molecule has 0 spiro atoms. The van der Waals surface area contributed by atoms with Gasteiger partial charge in [0.1, 0.15) is 11.3 Å². The first-order valence-corrected chi connectivity index (χ1v) is 8.31. The molecule has 1 unspecified atom stereocenters. The number of nitriles is 1. The van der Waals surface area contributed by atoms with Gasteiger partial charge < -0.3 is 10.1 Å². The Balaban J connectivity index is 1.65. The van der Waals surface area contributed by atoms with Crippen molar-refractivity contribution in [2.75, 3.05) is 6.61 Å². The second kappa shape index (κ2) is 6.56. The van der Waals surface area contributed by atoms with E-state index in [1.165, 1.54) is 6.92 Å². The third kappa shape index (κ3) is 3.80. The van der Waals surface area contributed by atoms with Crippen molar-refractivity contribution in [3.8, 4) is 11.8 Å². The van der Waals surface area contributed by atoms with Crippen LogP contribution in [0.2, 0.25) is 0 Å². The minimum absolute atomic E-state index is 0.0232. The molecule has 2 aromatic rings. The zero-order chi connectivity index (χ0) is 18.0. The Hall–Kier alpha value is -2.87. The Kier molecular flexibility index (Phi) is 4.45. The van der Waals surface area contributed by atoms with Gasteiger partial charge in [-0.05, 0) is 61.6 Å². The molecule has 0 heterocycles. The van der Waals surface area contributed by atoms with Gasteiger partial charge in [0.15, 0.2) is 12.4 Å². The van der Waals surface area contributed by atoms with Gasteiger partial charge in [-0.1, -0.05) is 18.2 Å². The Labute approximate surface area is 146 Å². The van der Waals surface area contributed by atoms with Crippen LogP contribution in [0.15, 0.2) is 36.4 Å². The third-order valence-electron chi connectivity index (χ3n) is 4.61. The molecule has 0 radical (unpaired) electrons. The summed E-state index contributed by atoms with van der Waals surface area (Å²) in [7, 11) is 0. The second-order valence-corrected chi connectivity index (χ2v) is 6.71. The Bertz CT molecular complexity index is 880. The zero-order valence-electron chi connectivity index (χ0n) is 14.3. The van der Waals surface area contributed by atoms with Crippen LogP contribution in [0.5, 0.6) is 5.75 Å². The molecule has 128 valence electrons. The van der Waals surface area contributed by atoms with Gasteiger partial charge in [-0.15, -0.1) is 0 Å². The van der Waals surface area contributed by atoms with Gasteiger partial charge >= 0.3 is 0 Å². The predicted octanol–water partition coefficient (Wildman–Crippen LogP) is 3.23. The van der Waals surface area contributed by atoms with Crippen LogP contribution >= 0.6 is 0 Å². The first kappa shape index (κ1) is 17.0. The van der Waals surface area contributed by atoms with E-state index in [0.29, 0.717) is 11.3 Å². The van der Waals surface area contributed by atoms with Crippen molar-refractivity contribution in [2.45, 2.75) is 32.2 Å². The summed E-state index contributed by atoms with van der Waals surface area (Å²) in [5, 5.41) is 13.9. The summed E-state index contributed by atoms with van der Waals surface area (Å²) in [6, 6.07) is 13.1. The minimum Gasteiger partial charge on any atom is -0.484 e. The normalized spacial score (nSPS) is 15.9. The summed E-state index contributed by atoms with van der Waals surface area (Å²) in [5.74, 6) is 0.527. The van der Waals surface area contributed by atoms with E-state index < -0.39 is 5.54 Å². The molecule has 0 bridgehead atoms. The molecule has 1 saturated carbocycles. The van der Waals surface area contributed by atoms with Crippen LogP contribution in [-0.4, -0.2) is 23.8 Å². The van der Waals surface area contributed by atoms with E-state index in [9.17, 15) is 14.9 Å². The van der Waals surface area contributed by atoms with E-state index in [1.54, 1.807) is 19.1 Å². The highest BCUT2D eigenvalue weighted by Gasteiger charge is 2.43. The lowest BCUT2D eigenvalue weighted by atomic mass is 9.98. The average Bonchev–Trinajstić information content (AvgIpc) is 3.44. The van der Waals surface area contributed by atoms with Crippen LogP contribution in [0, 0.1) is 17.2 Å². The van der Waals surface area contributed by atoms with Crippen LogP contribution in [0.3, 0.4) is 0 Å². The third-order valence-corrected chi connectivity index (χ3v) is 4.61. The molecule has 1 atom stereocenters. The van der Waals surface area contributed by atoms with Crippen molar-refractivity contribution in [1.29, 1.82) is 5.26 Å². The molecule has 1 aliphatic rings. The van der Waals surface area contributed by atoms with Gasteiger partial charge in [0, 0.05) is 5.56 Å². The molecule has 1 amide bonds. The monoisotopic (exact) mass is 336 g/mol. The van der Waals surface area contributed by atoms with Gasteiger partial charge in [-0.2, -0.15) is 5.26 Å². The number of nitrogens with zero attached hydrogens (tertiary/aromatic N) is 1. The standard InChI is InChI=1S/C20H20N2O3/c1-13(23)14-3-4-16-10-18(8-5-15(16)9-14)25-11-19(24)22-20(2,12-21)17-6-7-17/h3-5,8-10,17H,6-7,11H2,1-2H3,(H,22,24).